The average Bonchev–Trinajstić information content (AvgIpc) is 3.18. The summed E-state index contributed by atoms with van der Waals surface area (Å²) in [4.78, 5) is 16.8. The van der Waals surface area contributed by atoms with Crippen LogP contribution in [0.15, 0.2) is 22.9 Å². The quantitative estimate of drug-likeness (QED) is 0.788. The molecule has 1 amide bonds. The minimum atomic E-state index is -0.404. The monoisotopic (exact) mass is 325 g/mol. The van der Waals surface area contributed by atoms with Gasteiger partial charge in [-0.25, -0.2) is 4.98 Å². The first-order chi connectivity index (χ1) is 11.6. The smallest absolute Gasteiger partial charge is 0.259 e. The van der Waals surface area contributed by atoms with E-state index in [1.807, 2.05) is 13.0 Å². The van der Waals surface area contributed by atoms with Gasteiger partial charge in [0.15, 0.2) is 5.58 Å². The highest BCUT2D eigenvalue weighted by atomic mass is 16.5. The topological polar surface area (TPSA) is 106 Å². The fourth-order valence-corrected chi connectivity index (χ4v) is 2.40. The van der Waals surface area contributed by atoms with E-state index in [0.717, 1.165) is 5.76 Å². The molecule has 24 heavy (non-hydrogen) atoms. The third kappa shape index (κ3) is 2.46. The molecule has 0 radical (unpaired) electrons. The lowest BCUT2D eigenvalue weighted by Crippen LogP contribution is -2.16. The van der Waals surface area contributed by atoms with E-state index in [4.69, 9.17) is 14.4 Å². The zero-order valence-electron chi connectivity index (χ0n) is 13.5. The van der Waals surface area contributed by atoms with Gasteiger partial charge in [0.2, 0.25) is 0 Å². The maximum Gasteiger partial charge on any atom is 0.259 e. The van der Waals surface area contributed by atoms with Gasteiger partial charge in [-0.1, -0.05) is 6.92 Å². The molecule has 0 unspecified atom stereocenters. The summed E-state index contributed by atoms with van der Waals surface area (Å²) in [5.41, 5.74) is 1.04. The summed E-state index contributed by atoms with van der Waals surface area (Å²) in [6.07, 6.45) is 3.50. The van der Waals surface area contributed by atoms with Crippen LogP contribution in [0.25, 0.3) is 11.0 Å². The third-order valence-corrected chi connectivity index (χ3v) is 3.66. The fourth-order valence-electron chi connectivity index (χ4n) is 2.40. The number of carbonyl (C=O) groups is 1. The van der Waals surface area contributed by atoms with Crippen LogP contribution in [-0.4, -0.2) is 27.8 Å². The highest BCUT2D eigenvalue weighted by molar-refractivity contribution is 6.12. The summed E-state index contributed by atoms with van der Waals surface area (Å²) >= 11 is 0. The molecule has 0 aliphatic carbocycles. The van der Waals surface area contributed by atoms with Crippen molar-refractivity contribution in [1.29, 1.82) is 5.26 Å². The van der Waals surface area contributed by atoms with Gasteiger partial charge in [0, 0.05) is 25.1 Å². The van der Waals surface area contributed by atoms with Gasteiger partial charge < -0.3 is 14.5 Å². The Morgan fingerprint density at radius 1 is 1.50 bits per heavy atom. The standard InChI is InChI=1S/C16H15N5O3/c1-4-10-5-11-12(8-18-16(23-3)13(11)24-10)15(22)20-14-9(6-17)7-19-21(14)2/h5,7-8H,4H2,1-3H3,(H,20,22). The van der Waals surface area contributed by atoms with Crippen LogP contribution in [0.3, 0.4) is 0 Å². The summed E-state index contributed by atoms with van der Waals surface area (Å²) in [7, 11) is 3.13. The van der Waals surface area contributed by atoms with Crippen LogP contribution < -0.4 is 10.1 Å². The van der Waals surface area contributed by atoms with E-state index in [1.54, 1.807) is 13.1 Å². The van der Waals surface area contributed by atoms with E-state index in [2.05, 4.69) is 15.4 Å². The molecule has 0 saturated heterocycles. The number of nitrogens with one attached hydrogen (secondary N) is 1. The lowest BCUT2D eigenvalue weighted by molar-refractivity contribution is 0.102. The number of aromatic nitrogens is 3. The van der Waals surface area contributed by atoms with Crippen LogP contribution in [0.5, 0.6) is 5.88 Å². The van der Waals surface area contributed by atoms with E-state index in [-0.39, 0.29) is 5.56 Å². The number of aryl methyl sites for hydroxylation is 2. The number of anilines is 1. The average molecular weight is 325 g/mol. The van der Waals surface area contributed by atoms with Crippen molar-refractivity contribution in [3.8, 4) is 11.9 Å². The Hall–Kier alpha value is -3.34. The second-order valence-electron chi connectivity index (χ2n) is 5.09. The number of carbonyl (C=O) groups excluding carboxylic acids is 1. The van der Waals surface area contributed by atoms with Gasteiger partial charge >= 0.3 is 0 Å². The second kappa shape index (κ2) is 6.04. The Labute approximate surface area is 137 Å². The van der Waals surface area contributed by atoms with Gasteiger partial charge in [-0.05, 0) is 6.07 Å². The van der Waals surface area contributed by atoms with Gasteiger partial charge in [-0.3, -0.25) is 9.48 Å². The molecule has 3 aromatic heterocycles. The fraction of sp³-hybridized carbons (Fsp3) is 0.250. The first kappa shape index (κ1) is 15.6. The molecule has 8 nitrogen and oxygen atoms in total. The molecule has 122 valence electrons. The van der Waals surface area contributed by atoms with Crippen molar-refractivity contribution in [2.24, 2.45) is 7.05 Å². The maximum atomic E-state index is 12.7. The molecular formula is C16H15N5O3. The second-order valence-corrected chi connectivity index (χ2v) is 5.09. The predicted molar refractivity (Wildman–Crippen MR) is 85.8 cm³/mol. The summed E-state index contributed by atoms with van der Waals surface area (Å²) < 4.78 is 12.3. The highest BCUT2D eigenvalue weighted by Gasteiger charge is 2.20. The van der Waals surface area contributed by atoms with Gasteiger partial charge in [0.05, 0.1) is 18.9 Å². The number of nitrogens with zero attached hydrogens (tertiary/aromatic N) is 4. The van der Waals surface area contributed by atoms with Crippen LogP contribution in [0.4, 0.5) is 5.82 Å². The van der Waals surface area contributed by atoms with Crippen LogP contribution in [0.1, 0.15) is 28.6 Å². The first-order valence-corrected chi connectivity index (χ1v) is 7.27. The largest absolute Gasteiger partial charge is 0.478 e. The normalized spacial score (nSPS) is 10.6. The number of hydrogen-bond donors (Lipinski definition) is 1. The zero-order valence-corrected chi connectivity index (χ0v) is 13.5. The number of methoxy groups -OCH3 is 1. The molecule has 8 heteroatoms. The van der Waals surface area contributed by atoms with Crippen molar-refractivity contribution in [2.45, 2.75) is 13.3 Å². The van der Waals surface area contributed by atoms with Crippen molar-refractivity contribution in [1.82, 2.24) is 14.8 Å². The summed E-state index contributed by atoms with van der Waals surface area (Å²) in [5.74, 6) is 0.965. The van der Waals surface area contributed by atoms with Gasteiger partial charge in [0.25, 0.3) is 11.8 Å². The molecule has 0 bridgehead atoms. The Morgan fingerprint density at radius 2 is 2.29 bits per heavy atom. The molecule has 0 aliphatic heterocycles. The van der Waals surface area contributed by atoms with Gasteiger partial charge in [0.1, 0.15) is 23.2 Å². The summed E-state index contributed by atoms with van der Waals surface area (Å²) in [5, 5.41) is 16.4. The Morgan fingerprint density at radius 3 is 2.96 bits per heavy atom. The SMILES string of the molecule is CCc1cc2c(C(=O)Nc3c(C#N)cnn3C)cnc(OC)c2o1. The van der Waals surface area contributed by atoms with E-state index in [1.165, 1.54) is 24.2 Å². The van der Waals surface area contributed by atoms with Crippen molar-refractivity contribution < 1.29 is 13.9 Å². The molecule has 0 aromatic carbocycles. The molecule has 0 atom stereocenters. The van der Waals surface area contributed by atoms with Crippen LogP contribution in [0.2, 0.25) is 0 Å². The van der Waals surface area contributed by atoms with Crippen LogP contribution in [0, 0.1) is 11.3 Å². The lowest BCUT2D eigenvalue weighted by Gasteiger charge is -2.07. The lowest BCUT2D eigenvalue weighted by atomic mass is 10.1. The highest BCUT2D eigenvalue weighted by Crippen LogP contribution is 2.30. The van der Waals surface area contributed by atoms with E-state index in [9.17, 15) is 4.79 Å². The number of hydrogen-bond acceptors (Lipinski definition) is 6. The van der Waals surface area contributed by atoms with Crippen molar-refractivity contribution >= 4 is 22.7 Å². The van der Waals surface area contributed by atoms with Gasteiger partial charge in [-0.2, -0.15) is 10.4 Å². The number of ether oxygens (including phenoxy) is 1. The van der Waals surface area contributed by atoms with Crippen LogP contribution >= 0.6 is 0 Å². The predicted octanol–water partition coefficient (Wildman–Crippen LogP) is 2.26. The molecule has 3 heterocycles. The molecule has 3 rings (SSSR count). The Balaban J connectivity index is 2.06. The van der Waals surface area contributed by atoms with Crippen molar-refractivity contribution in [2.75, 3.05) is 12.4 Å². The number of pyridine rings is 1. The summed E-state index contributed by atoms with van der Waals surface area (Å²) in [6, 6.07) is 3.78. The molecule has 0 saturated carbocycles. The Bertz CT molecular complexity index is 964. The van der Waals surface area contributed by atoms with E-state index in [0.29, 0.717) is 34.7 Å². The van der Waals surface area contributed by atoms with Crippen molar-refractivity contribution in [3.05, 3.63) is 35.3 Å². The number of nitriles is 1. The van der Waals surface area contributed by atoms with E-state index < -0.39 is 5.91 Å². The first-order valence-electron chi connectivity index (χ1n) is 7.27. The number of fused-ring (bicyclic) bond motifs is 1. The number of rotatable bonds is 4. The third-order valence-electron chi connectivity index (χ3n) is 3.66. The van der Waals surface area contributed by atoms with Crippen LogP contribution in [-0.2, 0) is 13.5 Å². The molecule has 0 aliphatic rings. The maximum absolute atomic E-state index is 12.7. The Kier molecular flexibility index (Phi) is 3.92. The molecule has 3 aromatic rings. The molecule has 0 fully saturated rings. The zero-order chi connectivity index (χ0) is 17.3. The minimum Gasteiger partial charge on any atom is -0.478 e. The molecule has 1 N–H and O–H groups in total. The minimum absolute atomic E-state index is 0.282. The van der Waals surface area contributed by atoms with Crippen molar-refractivity contribution in [3.63, 3.8) is 0 Å². The molecular weight excluding hydrogens is 310 g/mol. The van der Waals surface area contributed by atoms with E-state index >= 15 is 0 Å². The number of amides is 1. The summed E-state index contributed by atoms with van der Waals surface area (Å²) in [6.45, 7) is 1.95. The number of furan rings is 1. The van der Waals surface area contributed by atoms with Gasteiger partial charge in [-0.15, -0.1) is 0 Å². The molecule has 0 spiro atoms.